The fraction of sp³-hybridized carbons (Fsp3) is 0.389. The number of carboxylic acids is 1. The van der Waals surface area contributed by atoms with Crippen molar-refractivity contribution in [3.63, 3.8) is 0 Å². The molecule has 0 radical (unpaired) electrons. The molecule has 2 amide bonds. The Morgan fingerprint density at radius 1 is 1.00 bits per heavy atom. The summed E-state index contributed by atoms with van der Waals surface area (Å²) < 4.78 is 14.8. The number of benzene rings is 3. The number of ether oxygens (including phenoxy) is 2. The number of amides is 2. The van der Waals surface area contributed by atoms with Crippen LogP contribution >= 0.6 is 27.5 Å². The number of carbonyl (C=O) groups is 3. The van der Waals surface area contributed by atoms with Gasteiger partial charge in [0.05, 0.1) is 29.9 Å². The van der Waals surface area contributed by atoms with Crippen LogP contribution in [0.3, 0.4) is 0 Å². The second-order valence-corrected chi connectivity index (χ2v) is 13.5. The number of hydrogen-bond donors (Lipinski definition) is 5. The van der Waals surface area contributed by atoms with Crippen LogP contribution in [0, 0.1) is 0 Å². The Bertz CT molecular complexity index is 1850. The number of aliphatic carboxylic acids is 1. The summed E-state index contributed by atoms with van der Waals surface area (Å²) in [5.74, 6) is -2.10. The Hall–Kier alpha value is -4.21. The zero-order valence-corrected chi connectivity index (χ0v) is 30.4. The molecule has 5 rings (SSSR count). The molecule has 1 unspecified atom stereocenters. The van der Waals surface area contributed by atoms with E-state index < -0.39 is 37.0 Å². The van der Waals surface area contributed by atoms with Crippen molar-refractivity contribution in [1.82, 2.24) is 25.3 Å². The lowest BCUT2D eigenvalue weighted by Gasteiger charge is -2.18. The van der Waals surface area contributed by atoms with E-state index in [1.165, 1.54) is 38.1 Å². The molecule has 0 bridgehead atoms. The van der Waals surface area contributed by atoms with E-state index in [0.29, 0.717) is 5.56 Å². The lowest BCUT2D eigenvalue weighted by molar-refractivity contribution is -0.140. The number of aliphatic hydroxyl groups excluding tert-OH is 1. The van der Waals surface area contributed by atoms with Crippen LogP contribution in [0.5, 0.6) is 11.5 Å². The first kappa shape index (κ1) is 38.0. The van der Waals surface area contributed by atoms with Crippen molar-refractivity contribution in [3.8, 4) is 22.6 Å². The van der Waals surface area contributed by atoms with E-state index in [1.54, 1.807) is 0 Å². The summed E-state index contributed by atoms with van der Waals surface area (Å²) in [6.45, 7) is 3.04. The molecule has 15 heteroatoms. The Balaban J connectivity index is 1.31. The summed E-state index contributed by atoms with van der Waals surface area (Å²) in [7, 11) is 0. The van der Waals surface area contributed by atoms with Crippen LogP contribution in [0.15, 0.2) is 59.2 Å². The fourth-order valence-electron chi connectivity index (χ4n) is 5.98. The first-order chi connectivity index (χ1) is 24.6. The number of carboxylic acid groups (broad SMARTS) is 1. The highest BCUT2D eigenvalue weighted by molar-refractivity contribution is 9.10. The minimum atomic E-state index is -1.24. The zero-order valence-electron chi connectivity index (χ0n) is 28.1. The maximum Gasteiger partial charge on any atom is 0.323 e. The second-order valence-electron chi connectivity index (χ2n) is 12.3. The molecule has 3 aromatic carbocycles. The molecule has 1 aromatic heterocycles. The quantitative estimate of drug-likeness (QED) is 0.0870. The Morgan fingerprint density at radius 2 is 1.75 bits per heavy atom. The Morgan fingerprint density at radius 3 is 2.49 bits per heavy atom. The van der Waals surface area contributed by atoms with Crippen LogP contribution < -0.4 is 25.8 Å². The van der Waals surface area contributed by atoms with Crippen LogP contribution in [0.4, 0.5) is 0 Å². The molecule has 1 aliphatic rings. The Labute approximate surface area is 309 Å². The number of aromatic nitrogens is 2. The fourth-order valence-corrected chi connectivity index (χ4v) is 6.81. The Kier molecular flexibility index (Phi) is 13.7. The van der Waals surface area contributed by atoms with Gasteiger partial charge < -0.3 is 35.6 Å². The van der Waals surface area contributed by atoms with Gasteiger partial charge >= 0.3 is 5.97 Å². The van der Waals surface area contributed by atoms with Gasteiger partial charge in [0.1, 0.15) is 24.1 Å². The van der Waals surface area contributed by atoms with E-state index in [1.807, 2.05) is 30.5 Å². The summed E-state index contributed by atoms with van der Waals surface area (Å²) in [6.07, 6.45) is 6.74. The van der Waals surface area contributed by atoms with Crippen LogP contribution in [-0.4, -0.2) is 88.1 Å². The maximum absolute atomic E-state index is 12.2. The molecule has 1 atom stereocenters. The number of aliphatic hydroxyl groups is 1. The first-order valence-corrected chi connectivity index (χ1v) is 18.0. The average molecular weight is 786 g/mol. The van der Waals surface area contributed by atoms with E-state index in [2.05, 4.69) is 48.3 Å². The molecule has 51 heavy (non-hydrogen) atoms. The number of nitrogens with one attached hydrogen (secondary N) is 2. The summed E-state index contributed by atoms with van der Waals surface area (Å²) >= 11 is 10.4. The SMILES string of the molecule is NC(=O)CNC(=O)COc1cc(OCc2cccc(-c3cccc4c3cnn4CCCCN3CCCC3)c2Br)c(Cl)cc1CNC(CO)C(=O)O. The average Bonchev–Trinajstić information content (AvgIpc) is 3.79. The number of primary amides is 1. The van der Waals surface area contributed by atoms with Crippen molar-refractivity contribution in [2.45, 2.75) is 51.4 Å². The number of carbonyl (C=O) groups excluding carboxylic acids is 2. The molecule has 13 nitrogen and oxygen atoms in total. The standard InChI is InChI=1S/C36H42BrClN6O7/c37-35-23(7-5-9-26(35)25-8-6-10-30-27(25)18-42-44(30)14-4-3-13-43-11-1-2-12-43)21-50-32-16-31(51-22-34(47)41-19-33(39)46)24(15-28(32)38)17-40-29(20-45)36(48)49/h5-10,15-16,18,29,40,45H,1-4,11-14,17,19-22H2,(H2,39,46)(H,41,47)(H,48,49). The largest absolute Gasteiger partial charge is 0.487 e. The molecule has 1 saturated heterocycles. The van der Waals surface area contributed by atoms with Crippen LogP contribution in [0.1, 0.15) is 36.8 Å². The smallest absolute Gasteiger partial charge is 0.323 e. The van der Waals surface area contributed by atoms with Gasteiger partial charge in [-0.15, -0.1) is 0 Å². The normalized spacial score (nSPS) is 13.7. The number of hydrogen-bond acceptors (Lipinski definition) is 9. The first-order valence-electron chi connectivity index (χ1n) is 16.8. The third-order valence-electron chi connectivity index (χ3n) is 8.69. The predicted molar refractivity (Wildman–Crippen MR) is 197 cm³/mol. The van der Waals surface area contributed by atoms with Gasteiger partial charge in [0.2, 0.25) is 5.91 Å². The molecule has 1 fully saturated rings. The number of nitrogens with zero attached hydrogens (tertiary/aromatic N) is 3. The van der Waals surface area contributed by atoms with Crippen LogP contribution in [0.2, 0.25) is 5.02 Å². The third kappa shape index (κ3) is 10.2. The summed E-state index contributed by atoms with van der Waals surface area (Å²) in [4.78, 5) is 37.2. The minimum absolute atomic E-state index is 0.0515. The van der Waals surface area contributed by atoms with Gasteiger partial charge in [-0.2, -0.15) is 5.10 Å². The molecule has 0 aliphatic carbocycles. The topological polar surface area (TPSA) is 181 Å². The monoisotopic (exact) mass is 784 g/mol. The van der Waals surface area contributed by atoms with Gasteiger partial charge in [-0.25, -0.2) is 0 Å². The van der Waals surface area contributed by atoms with Crippen molar-refractivity contribution in [1.29, 1.82) is 0 Å². The van der Waals surface area contributed by atoms with Gasteiger partial charge in [-0.05, 0) is 84.5 Å². The van der Waals surface area contributed by atoms with Gasteiger partial charge in [0, 0.05) is 40.1 Å². The number of halogens is 2. The van der Waals surface area contributed by atoms with Gasteiger partial charge in [-0.1, -0.05) is 41.9 Å². The number of likely N-dealkylation sites (tertiary alicyclic amines) is 1. The summed E-state index contributed by atoms with van der Waals surface area (Å²) in [5.41, 5.74) is 9.45. The molecule has 0 saturated carbocycles. The van der Waals surface area contributed by atoms with Crippen LogP contribution in [0.25, 0.3) is 22.0 Å². The van der Waals surface area contributed by atoms with Gasteiger partial charge in [0.25, 0.3) is 5.91 Å². The van der Waals surface area contributed by atoms with Crippen molar-refractivity contribution >= 4 is 56.2 Å². The highest BCUT2D eigenvalue weighted by Gasteiger charge is 2.20. The maximum atomic E-state index is 12.2. The number of fused-ring (bicyclic) bond motifs is 1. The third-order valence-corrected chi connectivity index (χ3v) is 9.92. The number of unbranched alkanes of at least 4 members (excludes halogenated alkanes) is 1. The lowest BCUT2D eigenvalue weighted by atomic mass is 10.00. The molecule has 6 N–H and O–H groups in total. The highest BCUT2D eigenvalue weighted by Crippen LogP contribution is 2.38. The van der Waals surface area contributed by atoms with Crippen molar-refractivity contribution in [3.05, 3.63) is 75.4 Å². The van der Waals surface area contributed by atoms with Crippen LogP contribution in [-0.2, 0) is 34.1 Å². The summed E-state index contributed by atoms with van der Waals surface area (Å²) in [6, 6.07) is 14.0. The zero-order chi connectivity index (χ0) is 36.3. The lowest BCUT2D eigenvalue weighted by Crippen LogP contribution is -2.39. The molecule has 1 aliphatic heterocycles. The molecule has 0 spiro atoms. The van der Waals surface area contributed by atoms with E-state index in [0.717, 1.165) is 58.0 Å². The number of aryl methyl sites for hydroxylation is 1. The predicted octanol–water partition coefficient (Wildman–Crippen LogP) is 4.09. The van der Waals surface area contributed by atoms with E-state index in [9.17, 15) is 24.6 Å². The van der Waals surface area contributed by atoms with Crippen molar-refractivity contribution < 1.29 is 34.1 Å². The second kappa shape index (κ2) is 18.3. The molecule has 2 heterocycles. The van der Waals surface area contributed by atoms with Gasteiger partial charge in [-0.3, -0.25) is 24.4 Å². The highest BCUT2D eigenvalue weighted by atomic mass is 79.9. The van der Waals surface area contributed by atoms with E-state index in [-0.39, 0.29) is 36.2 Å². The number of rotatable bonds is 19. The molecular formula is C36H42BrClN6O7. The molecule has 4 aromatic rings. The van der Waals surface area contributed by atoms with E-state index in [4.69, 9.17) is 31.9 Å². The molecule has 272 valence electrons. The van der Waals surface area contributed by atoms with Crippen molar-refractivity contribution in [2.24, 2.45) is 5.73 Å². The number of nitrogens with two attached hydrogens (primary N) is 1. The minimum Gasteiger partial charge on any atom is -0.487 e. The van der Waals surface area contributed by atoms with Gasteiger partial charge in [0.15, 0.2) is 6.61 Å². The van der Waals surface area contributed by atoms with Crippen molar-refractivity contribution in [2.75, 3.05) is 39.4 Å². The van der Waals surface area contributed by atoms with E-state index >= 15 is 0 Å². The molecular weight excluding hydrogens is 744 g/mol. The summed E-state index contributed by atoms with van der Waals surface area (Å²) in [5, 5.41) is 29.8.